The van der Waals surface area contributed by atoms with Crippen LogP contribution in [0.25, 0.3) is 0 Å². The van der Waals surface area contributed by atoms with Crippen LogP contribution in [0.5, 0.6) is 5.75 Å². The molecule has 20 heavy (non-hydrogen) atoms. The smallest absolute Gasteiger partial charge is 0.115 e. The molecule has 1 aliphatic carbocycles. The van der Waals surface area contributed by atoms with Gasteiger partial charge in [0.1, 0.15) is 5.75 Å². The maximum Gasteiger partial charge on any atom is 0.115 e. The fourth-order valence-corrected chi connectivity index (χ4v) is 3.44. The van der Waals surface area contributed by atoms with Crippen molar-refractivity contribution in [2.75, 3.05) is 0 Å². The third kappa shape index (κ3) is 4.82. The first-order valence-electron chi connectivity index (χ1n) is 8.19. The topological polar surface area (TPSA) is 32.3 Å². The van der Waals surface area contributed by atoms with Gasteiger partial charge in [0.2, 0.25) is 0 Å². The zero-order valence-corrected chi connectivity index (χ0v) is 12.9. The molecule has 1 aromatic carbocycles. The largest absolute Gasteiger partial charge is 0.508 e. The highest BCUT2D eigenvalue weighted by Gasteiger charge is 2.20. The summed E-state index contributed by atoms with van der Waals surface area (Å²) in [4.78, 5) is 0. The standard InChI is InChI=1S/C18H29NO/c1-14(13-16-9-11-18(20)12-10-16)19-15(2)17-7-5-3-4-6-8-17/h9-12,14-15,17,19-20H,3-8,13H2,1-2H3/t14?,15-/m0/s1. The highest BCUT2D eigenvalue weighted by atomic mass is 16.3. The zero-order valence-electron chi connectivity index (χ0n) is 12.9. The van der Waals surface area contributed by atoms with Crippen molar-refractivity contribution in [1.29, 1.82) is 0 Å². The first kappa shape index (κ1) is 15.4. The molecular weight excluding hydrogens is 246 g/mol. The summed E-state index contributed by atoms with van der Waals surface area (Å²) in [7, 11) is 0. The Bertz CT molecular complexity index is 379. The Morgan fingerprint density at radius 3 is 2.25 bits per heavy atom. The van der Waals surface area contributed by atoms with E-state index in [-0.39, 0.29) is 0 Å². The molecule has 2 nitrogen and oxygen atoms in total. The van der Waals surface area contributed by atoms with Gasteiger partial charge < -0.3 is 10.4 Å². The van der Waals surface area contributed by atoms with E-state index in [9.17, 15) is 5.11 Å². The molecule has 0 aromatic heterocycles. The molecule has 0 bridgehead atoms. The lowest BCUT2D eigenvalue weighted by Gasteiger charge is -2.27. The number of phenolic OH excluding ortho intramolecular Hbond substituents is 1. The van der Waals surface area contributed by atoms with E-state index in [1.807, 2.05) is 12.1 Å². The van der Waals surface area contributed by atoms with Gasteiger partial charge in [0.05, 0.1) is 0 Å². The summed E-state index contributed by atoms with van der Waals surface area (Å²) in [5.74, 6) is 1.20. The van der Waals surface area contributed by atoms with E-state index in [4.69, 9.17) is 0 Å². The summed E-state index contributed by atoms with van der Waals surface area (Å²) in [6, 6.07) is 8.68. The van der Waals surface area contributed by atoms with Gasteiger partial charge in [-0.3, -0.25) is 0 Å². The number of aromatic hydroxyl groups is 1. The monoisotopic (exact) mass is 275 g/mol. The molecule has 1 fully saturated rings. The van der Waals surface area contributed by atoms with E-state index in [1.165, 1.54) is 44.1 Å². The Balaban J connectivity index is 1.80. The van der Waals surface area contributed by atoms with Gasteiger partial charge in [-0.05, 0) is 56.7 Å². The molecule has 0 aliphatic heterocycles. The number of nitrogens with one attached hydrogen (secondary N) is 1. The summed E-state index contributed by atoms with van der Waals surface area (Å²) >= 11 is 0. The van der Waals surface area contributed by atoms with Crippen molar-refractivity contribution >= 4 is 0 Å². The predicted octanol–water partition coefficient (Wildman–Crippen LogP) is 4.27. The molecule has 1 unspecified atom stereocenters. The van der Waals surface area contributed by atoms with Gasteiger partial charge in [0.15, 0.2) is 0 Å². The molecule has 1 aliphatic rings. The molecule has 1 aromatic rings. The number of hydrogen-bond acceptors (Lipinski definition) is 2. The van der Waals surface area contributed by atoms with Crippen molar-refractivity contribution in [3.8, 4) is 5.75 Å². The minimum atomic E-state index is 0.348. The maximum absolute atomic E-state index is 9.32. The van der Waals surface area contributed by atoms with Gasteiger partial charge in [-0.1, -0.05) is 37.8 Å². The lowest BCUT2D eigenvalue weighted by Crippen LogP contribution is -2.40. The average molecular weight is 275 g/mol. The lowest BCUT2D eigenvalue weighted by atomic mass is 9.92. The maximum atomic E-state index is 9.32. The van der Waals surface area contributed by atoms with Gasteiger partial charge in [-0.15, -0.1) is 0 Å². The quantitative estimate of drug-likeness (QED) is 0.786. The summed E-state index contributed by atoms with van der Waals surface area (Å²) < 4.78 is 0. The van der Waals surface area contributed by atoms with Crippen molar-refractivity contribution in [3.63, 3.8) is 0 Å². The molecule has 112 valence electrons. The molecule has 0 spiro atoms. The molecule has 0 radical (unpaired) electrons. The van der Waals surface area contributed by atoms with Gasteiger partial charge in [0, 0.05) is 12.1 Å². The summed E-state index contributed by atoms with van der Waals surface area (Å²) in [6.07, 6.45) is 9.46. The summed E-state index contributed by atoms with van der Waals surface area (Å²) in [5, 5.41) is 13.1. The van der Waals surface area contributed by atoms with Crippen LogP contribution in [0, 0.1) is 5.92 Å². The van der Waals surface area contributed by atoms with E-state index in [2.05, 4.69) is 19.2 Å². The van der Waals surface area contributed by atoms with E-state index in [1.54, 1.807) is 12.1 Å². The van der Waals surface area contributed by atoms with Crippen molar-refractivity contribution < 1.29 is 5.11 Å². The SMILES string of the molecule is CC(Cc1ccc(O)cc1)N[C@@H](C)C1CCCCCC1. The van der Waals surface area contributed by atoms with Crippen molar-refractivity contribution in [2.24, 2.45) is 5.92 Å². The van der Waals surface area contributed by atoms with Crippen molar-refractivity contribution in [2.45, 2.75) is 70.9 Å². The fraction of sp³-hybridized carbons (Fsp3) is 0.667. The highest BCUT2D eigenvalue weighted by molar-refractivity contribution is 5.26. The fourth-order valence-electron chi connectivity index (χ4n) is 3.44. The normalized spacial score (nSPS) is 20.3. The van der Waals surface area contributed by atoms with E-state index in [0.29, 0.717) is 17.8 Å². The van der Waals surface area contributed by atoms with Crippen LogP contribution in [0.4, 0.5) is 0 Å². The van der Waals surface area contributed by atoms with Gasteiger partial charge >= 0.3 is 0 Å². The molecule has 1 saturated carbocycles. The molecule has 0 saturated heterocycles. The van der Waals surface area contributed by atoms with E-state index in [0.717, 1.165) is 12.3 Å². The second kappa shape index (κ2) is 7.68. The number of rotatable bonds is 5. The Hall–Kier alpha value is -1.02. The number of hydrogen-bond donors (Lipinski definition) is 2. The Morgan fingerprint density at radius 1 is 1.05 bits per heavy atom. The second-order valence-corrected chi connectivity index (χ2v) is 6.48. The first-order chi connectivity index (χ1) is 9.65. The Labute approximate surface area is 123 Å². The number of phenols is 1. The molecule has 0 heterocycles. The van der Waals surface area contributed by atoms with Crippen LogP contribution in [0.1, 0.15) is 57.9 Å². The second-order valence-electron chi connectivity index (χ2n) is 6.48. The lowest BCUT2D eigenvalue weighted by molar-refractivity contribution is 0.313. The van der Waals surface area contributed by atoms with Crippen LogP contribution in [0.15, 0.2) is 24.3 Å². The summed E-state index contributed by atoms with van der Waals surface area (Å²) in [6.45, 7) is 4.61. The van der Waals surface area contributed by atoms with E-state index >= 15 is 0 Å². The average Bonchev–Trinajstić information content (AvgIpc) is 2.70. The zero-order chi connectivity index (χ0) is 14.4. The Morgan fingerprint density at radius 2 is 1.65 bits per heavy atom. The van der Waals surface area contributed by atoms with Crippen LogP contribution in [-0.4, -0.2) is 17.2 Å². The predicted molar refractivity (Wildman–Crippen MR) is 85.1 cm³/mol. The third-order valence-electron chi connectivity index (χ3n) is 4.63. The van der Waals surface area contributed by atoms with Gasteiger partial charge in [-0.2, -0.15) is 0 Å². The molecule has 0 amide bonds. The summed E-state index contributed by atoms with van der Waals surface area (Å²) in [5.41, 5.74) is 1.29. The third-order valence-corrected chi connectivity index (χ3v) is 4.63. The molecule has 2 heteroatoms. The van der Waals surface area contributed by atoms with Gasteiger partial charge in [-0.25, -0.2) is 0 Å². The van der Waals surface area contributed by atoms with E-state index < -0.39 is 0 Å². The van der Waals surface area contributed by atoms with Crippen molar-refractivity contribution in [1.82, 2.24) is 5.32 Å². The molecule has 2 N–H and O–H groups in total. The van der Waals surface area contributed by atoms with Crippen LogP contribution < -0.4 is 5.32 Å². The van der Waals surface area contributed by atoms with Crippen molar-refractivity contribution in [3.05, 3.63) is 29.8 Å². The Kier molecular flexibility index (Phi) is 5.90. The van der Waals surface area contributed by atoms with Crippen LogP contribution in [0.2, 0.25) is 0 Å². The number of benzene rings is 1. The minimum Gasteiger partial charge on any atom is -0.508 e. The first-order valence-corrected chi connectivity index (χ1v) is 8.19. The highest BCUT2D eigenvalue weighted by Crippen LogP contribution is 2.25. The molecule has 2 rings (SSSR count). The molecular formula is C18H29NO. The van der Waals surface area contributed by atoms with Crippen LogP contribution in [-0.2, 0) is 6.42 Å². The van der Waals surface area contributed by atoms with Crippen LogP contribution in [0.3, 0.4) is 0 Å². The van der Waals surface area contributed by atoms with Gasteiger partial charge in [0.25, 0.3) is 0 Å². The minimum absolute atomic E-state index is 0.348. The molecule has 2 atom stereocenters. The van der Waals surface area contributed by atoms with Crippen LogP contribution >= 0.6 is 0 Å².